The van der Waals surface area contributed by atoms with Crippen LogP contribution in [0.1, 0.15) is 18.4 Å². The van der Waals surface area contributed by atoms with Crippen LogP contribution in [0, 0.1) is 5.92 Å². The maximum Gasteiger partial charge on any atom is 0.264 e. The van der Waals surface area contributed by atoms with Gasteiger partial charge in [-0.05, 0) is 67.1 Å². The van der Waals surface area contributed by atoms with Crippen molar-refractivity contribution in [2.75, 3.05) is 23.9 Å². The minimum atomic E-state index is -3.91. The van der Waals surface area contributed by atoms with Crippen LogP contribution in [0.25, 0.3) is 0 Å². The first-order valence-electron chi connectivity index (χ1n) is 11.1. The first-order valence-corrected chi connectivity index (χ1v) is 12.9. The van der Waals surface area contributed by atoms with Gasteiger partial charge in [0.2, 0.25) is 5.91 Å². The van der Waals surface area contributed by atoms with Gasteiger partial charge in [-0.3, -0.25) is 9.10 Å². The van der Waals surface area contributed by atoms with Gasteiger partial charge >= 0.3 is 0 Å². The first kappa shape index (κ1) is 23.3. The van der Waals surface area contributed by atoms with Gasteiger partial charge in [-0.25, -0.2) is 8.42 Å². The van der Waals surface area contributed by atoms with E-state index in [1.54, 1.807) is 47.4 Å². The molecule has 1 fully saturated rings. The van der Waals surface area contributed by atoms with Crippen molar-refractivity contribution in [1.82, 2.24) is 4.90 Å². The number of hydrogen-bond acceptors (Lipinski definition) is 3. The Labute approximate surface area is 200 Å². The molecule has 0 aliphatic carbocycles. The van der Waals surface area contributed by atoms with Crippen LogP contribution in [0.15, 0.2) is 89.8 Å². The zero-order valence-electron chi connectivity index (χ0n) is 18.3. The van der Waals surface area contributed by atoms with Gasteiger partial charge in [0.1, 0.15) is 6.54 Å². The molecular weight excluding hydrogens is 456 g/mol. The van der Waals surface area contributed by atoms with E-state index in [2.05, 4.69) is 12.1 Å². The van der Waals surface area contributed by atoms with Crippen LogP contribution >= 0.6 is 11.6 Å². The molecule has 0 saturated carbocycles. The number of sulfonamides is 1. The van der Waals surface area contributed by atoms with Crippen LogP contribution in [-0.2, 0) is 21.2 Å². The van der Waals surface area contributed by atoms with E-state index in [9.17, 15) is 13.2 Å². The molecule has 4 rings (SSSR count). The van der Waals surface area contributed by atoms with Crippen LogP contribution in [0.4, 0.5) is 5.69 Å². The fraction of sp³-hybridized carbons (Fsp3) is 0.269. The monoisotopic (exact) mass is 482 g/mol. The van der Waals surface area contributed by atoms with Gasteiger partial charge in [0.15, 0.2) is 0 Å². The van der Waals surface area contributed by atoms with Crippen molar-refractivity contribution in [2.24, 2.45) is 5.92 Å². The van der Waals surface area contributed by atoms with Crippen molar-refractivity contribution in [3.05, 3.63) is 95.5 Å². The van der Waals surface area contributed by atoms with Crippen LogP contribution in [0.5, 0.6) is 0 Å². The molecule has 0 unspecified atom stereocenters. The Kier molecular flexibility index (Phi) is 7.36. The minimum Gasteiger partial charge on any atom is -0.341 e. The lowest BCUT2D eigenvalue weighted by molar-refractivity contribution is -0.130. The highest BCUT2D eigenvalue weighted by molar-refractivity contribution is 7.92. The van der Waals surface area contributed by atoms with Crippen LogP contribution in [0.2, 0.25) is 5.02 Å². The largest absolute Gasteiger partial charge is 0.341 e. The predicted molar refractivity (Wildman–Crippen MR) is 132 cm³/mol. The number of hydrogen-bond donors (Lipinski definition) is 0. The number of benzene rings is 3. The third kappa shape index (κ3) is 5.75. The normalized spacial score (nSPS) is 14.8. The van der Waals surface area contributed by atoms with E-state index in [-0.39, 0.29) is 17.3 Å². The SMILES string of the molecule is O=C(CN(c1ccc(Cl)cc1)S(=O)(=O)c1ccccc1)N1CCC(Cc2ccccc2)CC1. The van der Waals surface area contributed by atoms with Crippen molar-refractivity contribution < 1.29 is 13.2 Å². The van der Waals surface area contributed by atoms with Crippen molar-refractivity contribution in [1.29, 1.82) is 0 Å². The number of anilines is 1. The zero-order valence-corrected chi connectivity index (χ0v) is 19.9. The summed E-state index contributed by atoms with van der Waals surface area (Å²) in [5, 5.41) is 0.502. The predicted octanol–water partition coefficient (Wildman–Crippen LogP) is 5.02. The average molecular weight is 483 g/mol. The minimum absolute atomic E-state index is 0.148. The van der Waals surface area contributed by atoms with Gasteiger partial charge in [0, 0.05) is 18.1 Å². The van der Waals surface area contributed by atoms with E-state index in [4.69, 9.17) is 11.6 Å². The topological polar surface area (TPSA) is 57.7 Å². The smallest absolute Gasteiger partial charge is 0.264 e. The van der Waals surface area contributed by atoms with Crippen LogP contribution in [-0.4, -0.2) is 38.9 Å². The number of carbonyl (C=O) groups is 1. The third-order valence-corrected chi connectivity index (χ3v) is 8.10. The van der Waals surface area contributed by atoms with E-state index in [1.165, 1.54) is 22.0 Å². The molecule has 0 aromatic heterocycles. The zero-order chi connectivity index (χ0) is 23.3. The summed E-state index contributed by atoms with van der Waals surface area (Å²) >= 11 is 6.00. The molecule has 0 N–H and O–H groups in total. The van der Waals surface area contributed by atoms with Crippen LogP contribution in [0.3, 0.4) is 0 Å². The quantitative estimate of drug-likeness (QED) is 0.475. The molecule has 1 saturated heterocycles. The van der Waals surface area contributed by atoms with Gasteiger partial charge in [0.25, 0.3) is 10.0 Å². The Balaban J connectivity index is 1.47. The number of nitrogens with zero attached hydrogens (tertiary/aromatic N) is 2. The van der Waals surface area contributed by atoms with E-state index >= 15 is 0 Å². The van der Waals surface area contributed by atoms with Gasteiger partial charge in [-0.2, -0.15) is 0 Å². The second-order valence-corrected chi connectivity index (χ2v) is 10.6. The molecule has 0 spiro atoms. The fourth-order valence-electron chi connectivity index (χ4n) is 4.20. The van der Waals surface area contributed by atoms with Gasteiger partial charge < -0.3 is 4.90 Å². The van der Waals surface area contributed by atoms with Crippen LogP contribution < -0.4 is 4.31 Å². The number of likely N-dealkylation sites (tertiary alicyclic amines) is 1. The summed E-state index contributed by atoms with van der Waals surface area (Å²) in [7, 11) is -3.91. The highest BCUT2D eigenvalue weighted by Crippen LogP contribution is 2.27. The Hall–Kier alpha value is -2.83. The Morgan fingerprint density at radius 2 is 1.45 bits per heavy atom. The second kappa shape index (κ2) is 10.4. The molecule has 5 nitrogen and oxygen atoms in total. The highest BCUT2D eigenvalue weighted by atomic mass is 35.5. The molecule has 1 aliphatic heterocycles. The molecule has 0 atom stereocenters. The lowest BCUT2D eigenvalue weighted by Crippen LogP contribution is -2.46. The number of piperidine rings is 1. The number of amides is 1. The van der Waals surface area contributed by atoms with Gasteiger partial charge in [0.05, 0.1) is 10.6 Å². The van der Waals surface area contributed by atoms with Crippen molar-refractivity contribution in [3.8, 4) is 0 Å². The molecule has 172 valence electrons. The summed E-state index contributed by atoms with van der Waals surface area (Å²) in [6, 6.07) is 25.1. The maximum absolute atomic E-state index is 13.4. The summed E-state index contributed by atoms with van der Waals surface area (Å²) in [4.78, 5) is 15.1. The maximum atomic E-state index is 13.4. The highest BCUT2D eigenvalue weighted by Gasteiger charge is 2.30. The average Bonchev–Trinajstić information content (AvgIpc) is 2.85. The lowest BCUT2D eigenvalue weighted by atomic mass is 9.90. The first-order chi connectivity index (χ1) is 15.9. The molecule has 0 bridgehead atoms. The van der Waals surface area contributed by atoms with Crippen molar-refractivity contribution in [3.63, 3.8) is 0 Å². The van der Waals surface area contributed by atoms with Gasteiger partial charge in [-0.15, -0.1) is 0 Å². The van der Waals surface area contributed by atoms with E-state index in [0.29, 0.717) is 29.7 Å². The molecule has 33 heavy (non-hydrogen) atoms. The third-order valence-electron chi connectivity index (χ3n) is 6.06. The molecule has 3 aromatic carbocycles. The van der Waals surface area contributed by atoms with Gasteiger partial charge in [-0.1, -0.05) is 60.1 Å². The fourth-order valence-corrected chi connectivity index (χ4v) is 5.76. The summed E-state index contributed by atoms with van der Waals surface area (Å²) in [5.74, 6) is 0.333. The molecule has 1 amide bonds. The lowest BCUT2D eigenvalue weighted by Gasteiger charge is -2.34. The molecule has 1 heterocycles. The Bertz CT molecular complexity index is 1160. The second-order valence-electron chi connectivity index (χ2n) is 8.32. The number of halogens is 1. The molecule has 3 aromatic rings. The Morgan fingerprint density at radius 1 is 0.879 bits per heavy atom. The number of rotatable bonds is 7. The summed E-state index contributed by atoms with van der Waals surface area (Å²) in [6.07, 6.45) is 2.82. The molecule has 7 heteroatoms. The Morgan fingerprint density at radius 3 is 2.06 bits per heavy atom. The molecule has 0 radical (unpaired) electrons. The summed E-state index contributed by atoms with van der Waals surface area (Å²) in [6.45, 7) is 1.02. The van der Waals surface area contributed by atoms with E-state index < -0.39 is 10.0 Å². The molecule has 1 aliphatic rings. The van der Waals surface area contributed by atoms with Crippen molar-refractivity contribution >= 4 is 33.2 Å². The number of carbonyl (C=O) groups excluding carboxylic acids is 1. The standard InChI is InChI=1S/C26H27ClN2O3S/c27-23-11-13-24(14-12-23)29(33(31,32)25-9-5-2-6-10-25)20-26(30)28-17-15-22(16-18-28)19-21-7-3-1-4-8-21/h1-14,22H,15-20H2. The van der Waals surface area contributed by atoms with E-state index in [0.717, 1.165) is 19.3 Å². The molecular formula is C26H27ClN2O3S. The van der Waals surface area contributed by atoms with Crippen molar-refractivity contribution in [2.45, 2.75) is 24.2 Å². The summed E-state index contributed by atoms with van der Waals surface area (Å²) in [5.41, 5.74) is 1.72. The summed E-state index contributed by atoms with van der Waals surface area (Å²) < 4.78 is 28.0. The van der Waals surface area contributed by atoms with E-state index in [1.807, 2.05) is 18.2 Å².